The molecular weight excluding hydrogens is 289 g/mol. The lowest BCUT2D eigenvalue weighted by Gasteiger charge is -2.35. The molecule has 0 saturated carbocycles. The van der Waals surface area contributed by atoms with Gasteiger partial charge in [-0.25, -0.2) is 4.39 Å². The number of anilines is 1. The van der Waals surface area contributed by atoms with E-state index >= 15 is 0 Å². The van der Waals surface area contributed by atoms with E-state index in [4.69, 9.17) is 0 Å². The Morgan fingerprint density at radius 3 is 2.59 bits per heavy atom. The molecule has 22 heavy (non-hydrogen) atoms. The van der Waals surface area contributed by atoms with Gasteiger partial charge < -0.3 is 15.3 Å². The molecule has 1 fully saturated rings. The van der Waals surface area contributed by atoms with Crippen molar-refractivity contribution in [2.75, 3.05) is 38.5 Å². The van der Waals surface area contributed by atoms with E-state index in [1.54, 1.807) is 11.0 Å². The van der Waals surface area contributed by atoms with Crippen LogP contribution in [0.5, 0.6) is 0 Å². The molecule has 1 saturated heterocycles. The summed E-state index contributed by atoms with van der Waals surface area (Å²) >= 11 is 0. The number of halogens is 1. The van der Waals surface area contributed by atoms with E-state index in [2.05, 4.69) is 10.2 Å². The minimum atomic E-state index is -1.01. The van der Waals surface area contributed by atoms with Crippen LogP contribution in [-0.2, 0) is 9.59 Å². The number of carboxylic acid groups (broad SMARTS) is 1. The van der Waals surface area contributed by atoms with E-state index in [1.165, 1.54) is 18.2 Å². The van der Waals surface area contributed by atoms with Crippen molar-refractivity contribution < 1.29 is 19.1 Å². The second kappa shape index (κ2) is 7.33. The van der Waals surface area contributed by atoms with Gasteiger partial charge in [-0.2, -0.15) is 0 Å². The van der Waals surface area contributed by atoms with Crippen molar-refractivity contribution in [2.24, 2.45) is 0 Å². The smallest absolute Gasteiger partial charge is 0.321 e. The first-order valence-electron chi connectivity index (χ1n) is 7.16. The lowest BCUT2D eigenvalue weighted by atomic mass is 10.1. The number of nitrogens with one attached hydrogen (secondary N) is 1. The van der Waals surface area contributed by atoms with E-state index in [9.17, 15) is 19.1 Å². The molecule has 1 heterocycles. The number of carbonyl (C=O) groups is 2. The number of piperazine rings is 1. The molecule has 6 nitrogen and oxygen atoms in total. The summed E-state index contributed by atoms with van der Waals surface area (Å²) in [4.78, 5) is 27.4. The normalized spacial score (nSPS) is 17.9. The topological polar surface area (TPSA) is 72.9 Å². The molecular formula is C15H20FN3O3. The molecule has 1 atom stereocenters. The molecule has 0 radical (unpaired) electrons. The standard InChI is InChI=1S/C15H20FN3O3/c1-18-5-7-19(8-6-18)13(15(21)22)10-14(20)17-12-4-2-3-11(16)9-12/h2-4,9,13H,5-8,10H2,1H3,(H,17,20)(H,21,22). The first kappa shape index (κ1) is 16.4. The molecule has 1 aliphatic rings. The Kier molecular flexibility index (Phi) is 5.46. The SMILES string of the molecule is CN1CCN(C(CC(=O)Nc2cccc(F)c2)C(=O)O)CC1. The molecule has 2 rings (SSSR count). The maximum atomic E-state index is 13.1. The Morgan fingerprint density at radius 2 is 2.00 bits per heavy atom. The molecule has 1 aliphatic heterocycles. The van der Waals surface area contributed by atoms with E-state index in [0.29, 0.717) is 18.8 Å². The summed E-state index contributed by atoms with van der Waals surface area (Å²) < 4.78 is 13.1. The number of likely N-dealkylation sites (N-methyl/N-ethyl adjacent to an activating group) is 1. The third kappa shape index (κ3) is 4.51. The Balaban J connectivity index is 1.95. The average Bonchev–Trinajstić information content (AvgIpc) is 2.45. The van der Waals surface area contributed by atoms with Crippen molar-refractivity contribution in [3.63, 3.8) is 0 Å². The lowest BCUT2D eigenvalue weighted by molar-refractivity contribution is -0.145. The predicted molar refractivity (Wildman–Crippen MR) is 80.1 cm³/mol. The molecule has 1 amide bonds. The van der Waals surface area contributed by atoms with Gasteiger partial charge >= 0.3 is 5.97 Å². The van der Waals surface area contributed by atoms with Gasteiger partial charge in [-0.3, -0.25) is 14.5 Å². The van der Waals surface area contributed by atoms with Crippen LogP contribution in [0.15, 0.2) is 24.3 Å². The fourth-order valence-electron chi connectivity index (χ4n) is 2.46. The number of hydrogen-bond donors (Lipinski definition) is 2. The number of benzene rings is 1. The van der Waals surface area contributed by atoms with Gasteiger partial charge in [-0.05, 0) is 25.2 Å². The lowest BCUT2D eigenvalue weighted by Crippen LogP contribution is -2.52. The van der Waals surface area contributed by atoms with E-state index < -0.39 is 23.7 Å². The summed E-state index contributed by atoms with van der Waals surface area (Å²) in [6.07, 6.45) is -0.157. The highest BCUT2D eigenvalue weighted by molar-refractivity contribution is 5.94. The minimum Gasteiger partial charge on any atom is -0.480 e. The van der Waals surface area contributed by atoms with Crippen LogP contribution < -0.4 is 5.32 Å². The van der Waals surface area contributed by atoms with Crippen LogP contribution in [0, 0.1) is 5.82 Å². The van der Waals surface area contributed by atoms with Gasteiger partial charge in [0.25, 0.3) is 0 Å². The monoisotopic (exact) mass is 309 g/mol. The van der Waals surface area contributed by atoms with Crippen LogP contribution in [0.2, 0.25) is 0 Å². The first-order chi connectivity index (χ1) is 10.5. The molecule has 0 spiro atoms. The maximum absolute atomic E-state index is 13.1. The Labute approximate surface area is 128 Å². The zero-order valence-corrected chi connectivity index (χ0v) is 12.5. The van der Waals surface area contributed by atoms with Crippen LogP contribution in [0.25, 0.3) is 0 Å². The molecule has 2 N–H and O–H groups in total. The van der Waals surface area contributed by atoms with Crippen molar-refractivity contribution in [3.8, 4) is 0 Å². The van der Waals surface area contributed by atoms with Gasteiger partial charge in [0.1, 0.15) is 11.9 Å². The summed E-state index contributed by atoms with van der Waals surface area (Å²) in [5, 5.41) is 11.9. The highest BCUT2D eigenvalue weighted by atomic mass is 19.1. The van der Waals surface area contributed by atoms with Crippen molar-refractivity contribution in [1.29, 1.82) is 0 Å². The number of hydrogen-bond acceptors (Lipinski definition) is 4. The molecule has 7 heteroatoms. The van der Waals surface area contributed by atoms with Crippen LogP contribution in [0.3, 0.4) is 0 Å². The van der Waals surface area contributed by atoms with Gasteiger partial charge in [0.05, 0.1) is 6.42 Å². The van der Waals surface area contributed by atoms with Gasteiger partial charge in [-0.1, -0.05) is 6.07 Å². The van der Waals surface area contributed by atoms with E-state index in [1.807, 2.05) is 7.05 Å². The third-order valence-corrected chi connectivity index (χ3v) is 3.75. The molecule has 1 aromatic carbocycles. The number of carboxylic acids is 1. The van der Waals surface area contributed by atoms with Gasteiger partial charge in [-0.15, -0.1) is 0 Å². The number of amides is 1. The average molecular weight is 309 g/mol. The number of aliphatic carboxylic acids is 1. The third-order valence-electron chi connectivity index (χ3n) is 3.75. The van der Waals surface area contributed by atoms with Crippen LogP contribution in [0.4, 0.5) is 10.1 Å². The predicted octanol–water partition coefficient (Wildman–Crippen LogP) is 0.855. The van der Waals surface area contributed by atoms with Crippen molar-refractivity contribution in [2.45, 2.75) is 12.5 Å². The minimum absolute atomic E-state index is 0.157. The second-order valence-corrected chi connectivity index (χ2v) is 5.46. The zero-order chi connectivity index (χ0) is 16.1. The Morgan fingerprint density at radius 1 is 1.32 bits per heavy atom. The largest absolute Gasteiger partial charge is 0.480 e. The van der Waals surface area contributed by atoms with Crippen molar-refractivity contribution in [3.05, 3.63) is 30.1 Å². The van der Waals surface area contributed by atoms with Crippen molar-refractivity contribution in [1.82, 2.24) is 9.80 Å². The highest BCUT2D eigenvalue weighted by Crippen LogP contribution is 2.13. The number of carbonyl (C=O) groups excluding carboxylic acids is 1. The van der Waals surface area contributed by atoms with Crippen LogP contribution >= 0.6 is 0 Å². The van der Waals surface area contributed by atoms with Crippen molar-refractivity contribution >= 4 is 17.6 Å². The summed E-state index contributed by atoms with van der Waals surface area (Å²) in [5.74, 6) is -1.90. The molecule has 0 aromatic heterocycles. The molecule has 0 aliphatic carbocycles. The Bertz CT molecular complexity index is 545. The molecule has 0 bridgehead atoms. The zero-order valence-electron chi connectivity index (χ0n) is 12.5. The Hall–Kier alpha value is -1.99. The fraction of sp³-hybridized carbons (Fsp3) is 0.467. The highest BCUT2D eigenvalue weighted by Gasteiger charge is 2.30. The van der Waals surface area contributed by atoms with E-state index in [0.717, 1.165) is 13.1 Å². The first-order valence-corrected chi connectivity index (χ1v) is 7.16. The summed E-state index contributed by atoms with van der Waals surface area (Å²) in [5.41, 5.74) is 0.326. The van der Waals surface area contributed by atoms with Crippen LogP contribution in [-0.4, -0.2) is 66.1 Å². The van der Waals surface area contributed by atoms with Crippen LogP contribution in [0.1, 0.15) is 6.42 Å². The fourth-order valence-corrected chi connectivity index (χ4v) is 2.46. The molecule has 1 aromatic rings. The van der Waals surface area contributed by atoms with Gasteiger partial charge in [0, 0.05) is 31.9 Å². The molecule has 120 valence electrons. The quantitative estimate of drug-likeness (QED) is 0.844. The second-order valence-electron chi connectivity index (χ2n) is 5.46. The summed E-state index contributed by atoms with van der Waals surface area (Å²) in [6, 6.07) is 4.66. The van der Waals surface area contributed by atoms with Gasteiger partial charge in [0.15, 0.2) is 0 Å². The number of rotatable bonds is 5. The molecule has 1 unspecified atom stereocenters. The summed E-state index contributed by atoms with van der Waals surface area (Å²) in [7, 11) is 1.98. The number of nitrogens with zero attached hydrogens (tertiary/aromatic N) is 2. The van der Waals surface area contributed by atoms with E-state index in [-0.39, 0.29) is 6.42 Å². The van der Waals surface area contributed by atoms with Gasteiger partial charge in [0.2, 0.25) is 5.91 Å². The maximum Gasteiger partial charge on any atom is 0.321 e. The summed E-state index contributed by atoms with van der Waals surface area (Å²) in [6.45, 7) is 2.77.